The highest BCUT2D eigenvalue weighted by Crippen LogP contribution is 2.23. The Morgan fingerprint density at radius 3 is 1.54 bits per heavy atom. The van der Waals surface area contributed by atoms with Gasteiger partial charge in [-0.3, -0.25) is 52.7 Å². The van der Waals surface area contributed by atoms with E-state index in [9.17, 15) is 63.0 Å². The lowest BCUT2D eigenvalue weighted by molar-refractivity contribution is -0.137. The molecule has 89 heavy (non-hydrogen) atoms. The number of carbonyl (C=O) groups excluding carboxylic acids is 11. The molecule has 1 fully saturated rings. The Morgan fingerprint density at radius 2 is 1.06 bits per heavy atom. The number of unbranched alkanes of at least 4 members (excludes halogenated alkanes) is 1. The second-order valence-corrected chi connectivity index (χ2v) is 24.5. The SMILES string of the molecule is CC[C@H](C)CCCCC(=O)N[C@@H](CCN)C(=O)N[C@H](C(=O)N[C@@H](CCN)C(=O)N[C@H]1CCNC(=O)[C@H]([C@@H](C)O)NC(=O)[C@H](CCN)NC(=O)[C@H](CCN)NC(=O)[C@H](CC(C)C)NC(=O)[C@@H](Cc2ccc(C(C)(C)C)cc2)NC(=O)[C@H](CCN)NC1=O)[C@@H](C)O. The summed E-state index contributed by atoms with van der Waals surface area (Å²) < 4.78 is 0. The lowest BCUT2D eigenvalue weighted by Gasteiger charge is -2.29. The van der Waals surface area contributed by atoms with Crippen molar-refractivity contribution >= 4 is 65.0 Å². The van der Waals surface area contributed by atoms with Crippen LogP contribution in [0.4, 0.5) is 0 Å². The average Bonchev–Trinajstić information content (AvgIpc) is 3.43. The first-order chi connectivity index (χ1) is 41.9. The highest BCUT2D eigenvalue weighted by atomic mass is 16.3. The highest BCUT2D eigenvalue weighted by Gasteiger charge is 2.38. The first-order valence-corrected chi connectivity index (χ1v) is 31.2. The molecule has 0 aromatic heterocycles. The molecule has 0 bridgehead atoms. The predicted molar refractivity (Wildman–Crippen MR) is 335 cm³/mol. The molecule has 1 aromatic carbocycles. The van der Waals surface area contributed by atoms with Crippen molar-refractivity contribution in [2.75, 3.05) is 39.3 Å². The van der Waals surface area contributed by atoms with Gasteiger partial charge in [-0.25, -0.2) is 0 Å². The van der Waals surface area contributed by atoms with Crippen LogP contribution in [0.2, 0.25) is 0 Å². The van der Waals surface area contributed by atoms with Gasteiger partial charge in [-0.2, -0.15) is 0 Å². The van der Waals surface area contributed by atoms with Gasteiger partial charge in [0, 0.05) is 19.4 Å². The number of hydrogen-bond donors (Lipinski definition) is 18. The van der Waals surface area contributed by atoms with Crippen molar-refractivity contribution in [1.82, 2.24) is 58.5 Å². The number of rotatable bonds is 29. The number of amides is 11. The normalized spacial score (nSPS) is 22.6. The number of carbonyl (C=O) groups is 11. The molecule has 29 heteroatoms. The van der Waals surface area contributed by atoms with E-state index in [4.69, 9.17) is 28.7 Å². The second kappa shape index (κ2) is 40.0. The third-order valence-corrected chi connectivity index (χ3v) is 15.2. The van der Waals surface area contributed by atoms with Crippen LogP contribution in [0, 0.1) is 11.8 Å². The first kappa shape index (κ1) is 78.2. The summed E-state index contributed by atoms with van der Waals surface area (Å²) in [6, 6.07) is -7.55. The van der Waals surface area contributed by atoms with Gasteiger partial charge in [0.2, 0.25) is 65.0 Å². The summed E-state index contributed by atoms with van der Waals surface area (Å²) in [5, 5.41) is 49.9. The summed E-state index contributed by atoms with van der Waals surface area (Å²) in [5.74, 6) is -9.46. The van der Waals surface area contributed by atoms with Crippen molar-refractivity contribution in [2.24, 2.45) is 40.5 Å². The van der Waals surface area contributed by atoms with Crippen LogP contribution >= 0.6 is 0 Å². The topological polar surface area (TPSA) is 491 Å². The van der Waals surface area contributed by atoms with Crippen molar-refractivity contribution in [3.05, 3.63) is 35.4 Å². The molecule has 1 aliphatic rings. The Kier molecular flexibility index (Phi) is 35.1. The molecule has 0 saturated carbocycles. The average molecular weight is 1260 g/mol. The van der Waals surface area contributed by atoms with Crippen LogP contribution < -0.4 is 87.2 Å². The number of aliphatic hydroxyl groups is 2. The predicted octanol–water partition coefficient (Wildman–Crippen LogP) is -3.95. The summed E-state index contributed by atoms with van der Waals surface area (Å²) in [4.78, 5) is 155. The lowest BCUT2D eigenvalue weighted by Crippen LogP contribution is -2.62. The molecule has 1 aromatic rings. The molecular formula is C60H106N16O13. The van der Waals surface area contributed by atoms with E-state index >= 15 is 0 Å². The summed E-state index contributed by atoms with van der Waals surface area (Å²) in [7, 11) is 0. The molecule has 29 nitrogen and oxygen atoms in total. The summed E-state index contributed by atoms with van der Waals surface area (Å²) in [6.45, 7) is 15.1. The van der Waals surface area contributed by atoms with Gasteiger partial charge in [0.05, 0.1) is 12.2 Å². The minimum atomic E-state index is -1.70. The van der Waals surface area contributed by atoms with E-state index in [0.717, 1.165) is 24.8 Å². The smallest absolute Gasteiger partial charge is 0.245 e. The molecule has 1 saturated heterocycles. The van der Waals surface area contributed by atoms with Crippen LogP contribution in [0.5, 0.6) is 0 Å². The minimum absolute atomic E-state index is 0.0187. The number of benzene rings is 1. The molecule has 11 amide bonds. The lowest BCUT2D eigenvalue weighted by atomic mass is 9.86. The Labute approximate surface area is 523 Å². The number of nitrogens with one attached hydrogen (secondary N) is 11. The van der Waals surface area contributed by atoms with Crippen LogP contribution in [-0.2, 0) is 64.6 Å². The molecule has 2 rings (SSSR count). The molecule has 1 heterocycles. The minimum Gasteiger partial charge on any atom is -0.391 e. The molecule has 504 valence electrons. The van der Waals surface area contributed by atoms with E-state index in [-0.39, 0.29) is 95.4 Å². The number of hydrogen-bond acceptors (Lipinski definition) is 18. The molecule has 23 N–H and O–H groups in total. The van der Waals surface area contributed by atoms with Gasteiger partial charge < -0.3 is 97.4 Å². The third-order valence-electron chi connectivity index (χ3n) is 15.2. The quantitative estimate of drug-likeness (QED) is 0.0341. The molecular weight excluding hydrogens is 1150 g/mol. The first-order valence-electron chi connectivity index (χ1n) is 31.2. The number of aliphatic hydroxyl groups excluding tert-OH is 2. The van der Waals surface area contributed by atoms with Crippen molar-refractivity contribution < 1.29 is 63.0 Å². The van der Waals surface area contributed by atoms with E-state index in [2.05, 4.69) is 72.3 Å². The molecule has 0 unspecified atom stereocenters. The van der Waals surface area contributed by atoms with Gasteiger partial charge in [0.1, 0.15) is 60.4 Å². The van der Waals surface area contributed by atoms with Gasteiger partial charge in [0.15, 0.2) is 0 Å². The molecule has 1 aliphatic heterocycles. The Hall–Kier alpha value is -6.89. The largest absolute Gasteiger partial charge is 0.391 e. The summed E-state index contributed by atoms with van der Waals surface area (Å²) >= 11 is 0. The van der Waals surface area contributed by atoms with Crippen molar-refractivity contribution in [3.8, 4) is 0 Å². The fraction of sp³-hybridized carbons (Fsp3) is 0.717. The van der Waals surface area contributed by atoms with Gasteiger partial charge in [0.25, 0.3) is 0 Å². The van der Waals surface area contributed by atoms with E-state index < -0.39 is 151 Å². The zero-order chi connectivity index (χ0) is 67.1. The standard InChI is InChI=1S/C60H106N16O13/c1-10-34(4)13-11-12-14-47(79)67-39(19-25-61)54(84)76-49(36(6)78)59(89)72-42(22-28-64)51(81)71-44-24-30-66-58(88)48(35(5)77)75-55(85)43(23-29-65)69-50(80)40(20-26-62)70-56(86)45(31-33(2)3)73-57(87)46(74-52(82)41(21-27-63)68-53(44)83)32-37-15-17-38(18-16-37)60(7,8)9/h15-18,33-36,39-46,48-49,77-78H,10-14,19-32,61-65H2,1-9H3,(H,66,88)(H,67,79)(H,68,83)(H,69,80)(H,70,86)(H,71,81)(H,72,89)(H,73,87)(H,74,82)(H,75,85)(H,76,84)/t34-,35+,36+,39-,40-,41-,42-,43-,44-,45-,46+,48-,49-/m0/s1. The van der Waals surface area contributed by atoms with Crippen LogP contribution in [0.3, 0.4) is 0 Å². The van der Waals surface area contributed by atoms with Crippen LogP contribution in [-0.4, -0.2) is 187 Å². The fourth-order valence-corrected chi connectivity index (χ4v) is 9.65. The Morgan fingerprint density at radius 1 is 0.573 bits per heavy atom. The molecule has 0 radical (unpaired) electrons. The van der Waals surface area contributed by atoms with E-state index in [1.807, 2.05) is 32.9 Å². The molecule has 13 atom stereocenters. The maximum absolute atomic E-state index is 14.7. The maximum Gasteiger partial charge on any atom is 0.245 e. The van der Waals surface area contributed by atoms with Crippen LogP contribution in [0.15, 0.2) is 24.3 Å². The van der Waals surface area contributed by atoms with E-state index in [1.54, 1.807) is 26.0 Å². The van der Waals surface area contributed by atoms with Crippen LogP contribution in [0.25, 0.3) is 0 Å². The molecule has 0 spiro atoms. The summed E-state index contributed by atoms with van der Waals surface area (Å²) in [5.41, 5.74) is 30.8. The second-order valence-electron chi connectivity index (χ2n) is 24.5. The third kappa shape index (κ3) is 27.8. The van der Waals surface area contributed by atoms with E-state index in [0.29, 0.717) is 17.9 Å². The van der Waals surface area contributed by atoms with Gasteiger partial charge in [-0.15, -0.1) is 0 Å². The summed E-state index contributed by atoms with van der Waals surface area (Å²) in [6.07, 6.45) is -1.10. The van der Waals surface area contributed by atoms with Crippen molar-refractivity contribution in [2.45, 2.75) is 224 Å². The van der Waals surface area contributed by atoms with Gasteiger partial charge in [-0.1, -0.05) is 92.0 Å². The van der Waals surface area contributed by atoms with Crippen molar-refractivity contribution in [3.63, 3.8) is 0 Å². The maximum atomic E-state index is 14.7. The van der Waals surface area contributed by atoms with Crippen molar-refractivity contribution in [1.29, 1.82) is 0 Å². The van der Waals surface area contributed by atoms with Gasteiger partial charge >= 0.3 is 0 Å². The monoisotopic (exact) mass is 1260 g/mol. The number of nitrogens with two attached hydrogens (primary N) is 5. The van der Waals surface area contributed by atoms with Crippen LogP contribution in [0.1, 0.15) is 150 Å². The fourth-order valence-electron chi connectivity index (χ4n) is 9.65. The van der Waals surface area contributed by atoms with Gasteiger partial charge in [-0.05, 0) is 126 Å². The highest BCUT2D eigenvalue weighted by molar-refractivity contribution is 5.99. The zero-order valence-corrected chi connectivity index (χ0v) is 53.6. The molecule has 0 aliphatic carbocycles. The zero-order valence-electron chi connectivity index (χ0n) is 53.6. The Bertz CT molecular complexity index is 2460. The van der Waals surface area contributed by atoms with E-state index in [1.165, 1.54) is 13.8 Å². The Balaban J connectivity index is 2.74.